The van der Waals surface area contributed by atoms with Gasteiger partial charge < -0.3 is 15.2 Å². The van der Waals surface area contributed by atoms with Gasteiger partial charge in [-0.05, 0) is 32.7 Å². The Balaban J connectivity index is 1.84. The lowest BCUT2D eigenvalue weighted by Gasteiger charge is -2.26. The summed E-state index contributed by atoms with van der Waals surface area (Å²) in [6.07, 6.45) is 3.58. The molecule has 0 aliphatic carbocycles. The van der Waals surface area contributed by atoms with Crippen molar-refractivity contribution in [3.8, 4) is 0 Å². The summed E-state index contributed by atoms with van der Waals surface area (Å²) in [5.74, 6) is -0.578. The van der Waals surface area contributed by atoms with Crippen molar-refractivity contribution in [2.75, 3.05) is 26.7 Å². The monoisotopic (exact) mass is 242 g/mol. The zero-order valence-electron chi connectivity index (χ0n) is 10.6. The Kier molecular flexibility index (Phi) is 3.70. The van der Waals surface area contributed by atoms with Gasteiger partial charge in [0.15, 0.2) is 5.60 Å². The lowest BCUT2D eigenvalue weighted by atomic mass is 10.0. The Morgan fingerprint density at radius 1 is 1.53 bits per heavy atom. The van der Waals surface area contributed by atoms with E-state index in [4.69, 9.17) is 0 Å². The minimum atomic E-state index is -1.43. The van der Waals surface area contributed by atoms with Gasteiger partial charge in [-0.3, -0.25) is 4.90 Å². The average molecular weight is 242 g/mol. The molecule has 5 heteroatoms. The summed E-state index contributed by atoms with van der Waals surface area (Å²) in [5, 5.41) is 13.2. The van der Waals surface area contributed by atoms with Crippen molar-refractivity contribution in [2.45, 2.75) is 43.9 Å². The molecule has 17 heavy (non-hydrogen) atoms. The minimum absolute atomic E-state index is 0.259. The predicted octanol–water partition coefficient (Wildman–Crippen LogP) is -0.263. The molecule has 2 saturated heterocycles. The molecular formula is C12H22N2O3. The van der Waals surface area contributed by atoms with Crippen molar-refractivity contribution in [1.82, 2.24) is 10.2 Å². The Labute approximate surface area is 102 Å². The molecule has 98 valence electrons. The highest BCUT2D eigenvalue weighted by Crippen LogP contribution is 2.28. The van der Waals surface area contributed by atoms with Crippen molar-refractivity contribution in [1.29, 1.82) is 0 Å². The fraction of sp³-hybridized carbons (Fsp3) is 0.917. The van der Waals surface area contributed by atoms with Crippen LogP contribution >= 0.6 is 0 Å². The van der Waals surface area contributed by atoms with Crippen LogP contribution in [0, 0.1) is 0 Å². The summed E-state index contributed by atoms with van der Waals surface area (Å²) in [6, 6.07) is 0.983. The van der Waals surface area contributed by atoms with Crippen LogP contribution in [0.4, 0.5) is 0 Å². The number of methoxy groups -OCH3 is 1. The number of fused-ring (bicyclic) bond motifs is 1. The van der Waals surface area contributed by atoms with Crippen LogP contribution in [0.5, 0.6) is 0 Å². The van der Waals surface area contributed by atoms with Gasteiger partial charge in [-0.15, -0.1) is 0 Å². The van der Waals surface area contributed by atoms with Crippen molar-refractivity contribution >= 4 is 5.97 Å². The molecule has 2 fully saturated rings. The minimum Gasteiger partial charge on any atom is -0.467 e. The molecule has 0 saturated carbocycles. The predicted molar refractivity (Wildman–Crippen MR) is 63.6 cm³/mol. The third-order valence-electron chi connectivity index (χ3n) is 3.94. The third-order valence-corrected chi connectivity index (χ3v) is 3.94. The molecule has 2 N–H and O–H groups in total. The van der Waals surface area contributed by atoms with Crippen LogP contribution in [-0.2, 0) is 9.53 Å². The van der Waals surface area contributed by atoms with E-state index in [0.717, 1.165) is 13.0 Å². The van der Waals surface area contributed by atoms with Crippen molar-refractivity contribution < 1.29 is 14.6 Å². The smallest absolute Gasteiger partial charge is 0.338 e. The van der Waals surface area contributed by atoms with E-state index in [9.17, 15) is 9.90 Å². The van der Waals surface area contributed by atoms with Gasteiger partial charge in [0.05, 0.1) is 7.11 Å². The average Bonchev–Trinajstić information content (AvgIpc) is 2.87. The molecule has 2 rings (SSSR count). The first kappa shape index (κ1) is 12.8. The number of ether oxygens (including phenoxy) is 1. The van der Waals surface area contributed by atoms with Crippen molar-refractivity contribution in [3.05, 3.63) is 0 Å². The molecule has 2 aliphatic heterocycles. The van der Waals surface area contributed by atoms with Gasteiger partial charge in [-0.2, -0.15) is 0 Å². The van der Waals surface area contributed by atoms with E-state index in [0.29, 0.717) is 12.1 Å². The summed E-state index contributed by atoms with van der Waals surface area (Å²) < 4.78 is 4.58. The maximum atomic E-state index is 11.3. The number of rotatable bonds is 4. The van der Waals surface area contributed by atoms with Gasteiger partial charge in [0.1, 0.15) is 0 Å². The molecule has 3 atom stereocenters. The van der Waals surface area contributed by atoms with Gasteiger partial charge in [-0.1, -0.05) is 0 Å². The molecule has 5 nitrogen and oxygen atoms in total. The zero-order valence-corrected chi connectivity index (χ0v) is 10.6. The van der Waals surface area contributed by atoms with E-state index in [1.807, 2.05) is 0 Å². The quantitative estimate of drug-likeness (QED) is 0.665. The lowest BCUT2D eigenvalue weighted by molar-refractivity contribution is -0.160. The molecule has 0 spiro atoms. The van der Waals surface area contributed by atoms with Crippen LogP contribution in [-0.4, -0.2) is 60.4 Å². The summed E-state index contributed by atoms with van der Waals surface area (Å²) in [7, 11) is 1.30. The van der Waals surface area contributed by atoms with Gasteiger partial charge >= 0.3 is 5.97 Å². The largest absolute Gasteiger partial charge is 0.467 e. The Hall–Kier alpha value is -0.650. The Morgan fingerprint density at radius 3 is 3.00 bits per heavy atom. The first-order chi connectivity index (χ1) is 8.04. The van der Waals surface area contributed by atoms with Crippen LogP contribution in [0.15, 0.2) is 0 Å². The zero-order chi connectivity index (χ0) is 12.5. The highest BCUT2D eigenvalue weighted by atomic mass is 16.5. The topological polar surface area (TPSA) is 61.8 Å². The first-order valence-electron chi connectivity index (χ1n) is 6.33. The van der Waals surface area contributed by atoms with Gasteiger partial charge in [-0.25, -0.2) is 4.79 Å². The van der Waals surface area contributed by atoms with E-state index >= 15 is 0 Å². The van der Waals surface area contributed by atoms with E-state index in [2.05, 4.69) is 15.0 Å². The molecule has 2 aliphatic rings. The lowest BCUT2D eigenvalue weighted by Crippen LogP contribution is -2.50. The maximum Gasteiger partial charge on any atom is 0.338 e. The molecule has 0 aromatic rings. The summed E-state index contributed by atoms with van der Waals surface area (Å²) >= 11 is 0. The molecule has 2 heterocycles. The van der Waals surface area contributed by atoms with Crippen LogP contribution in [0.1, 0.15) is 26.2 Å². The second kappa shape index (κ2) is 4.92. The number of aliphatic hydroxyl groups is 1. The van der Waals surface area contributed by atoms with E-state index < -0.39 is 11.6 Å². The van der Waals surface area contributed by atoms with Crippen LogP contribution in [0.25, 0.3) is 0 Å². The Bertz CT molecular complexity index is 293. The van der Waals surface area contributed by atoms with E-state index in [1.54, 1.807) is 0 Å². The third kappa shape index (κ3) is 2.61. The normalized spacial score (nSPS) is 32.2. The second-order valence-corrected chi connectivity index (χ2v) is 5.29. The van der Waals surface area contributed by atoms with Crippen LogP contribution < -0.4 is 5.32 Å². The molecule has 0 aromatic carbocycles. The van der Waals surface area contributed by atoms with Crippen LogP contribution in [0.3, 0.4) is 0 Å². The second-order valence-electron chi connectivity index (χ2n) is 5.29. The SMILES string of the molecule is COC(=O)C(C)(O)CNC1CCN2CCCC12. The van der Waals surface area contributed by atoms with E-state index in [1.165, 1.54) is 33.4 Å². The molecule has 0 radical (unpaired) electrons. The fourth-order valence-corrected chi connectivity index (χ4v) is 2.94. The van der Waals surface area contributed by atoms with E-state index in [-0.39, 0.29) is 6.54 Å². The summed E-state index contributed by atoms with van der Waals surface area (Å²) in [4.78, 5) is 13.8. The number of carbonyl (C=O) groups is 1. The number of nitrogens with one attached hydrogen (secondary N) is 1. The maximum absolute atomic E-state index is 11.3. The number of nitrogens with zero attached hydrogens (tertiary/aromatic N) is 1. The molecule has 0 aromatic heterocycles. The molecular weight excluding hydrogens is 220 g/mol. The number of hydrogen-bond donors (Lipinski definition) is 2. The first-order valence-corrected chi connectivity index (χ1v) is 6.33. The Morgan fingerprint density at radius 2 is 2.29 bits per heavy atom. The summed E-state index contributed by atoms with van der Waals surface area (Å²) in [6.45, 7) is 4.07. The number of carbonyl (C=O) groups excluding carboxylic acids is 1. The highest BCUT2D eigenvalue weighted by Gasteiger charge is 2.39. The standard InChI is InChI=1S/C12H22N2O3/c1-12(16,11(15)17-2)8-13-9-5-7-14-6-3-4-10(9)14/h9-10,13,16H,3-8H2,1-2H3. The molecule has 3 unspecified atom stereocenters. The van der Waals surface area contributed by atoms with Crippen molar-refractivity contribution in [2.24, 2.45) is 0 Å². The fourth-order valence-electron chi connectivity index (χ4n) is 2.94. The number of esters is 1. The van der Waals surface area contributed by atoms with Crippen LogP contribution in [0.2, 0.25) is 0 Å². The highest BCUT2D eigenvalue weighted by molar-refractivity contribution is 5.78. The van der Waals surface area contributed by atoms with Gasteiger partial charge in [0, 0.05) is 25.2 Å². The number of hydrogen-bond acceptors (Lipinski definition) is 5. The molecule has 0 bridgehead atoms. The van der Waals surface area contributed by atoms with Crippen molar-refractivity contribution in [3.63, 3.8) is 0 Å². The molecule has 0 amide bonds. The van der Waals surface area contributed by atoms with Gasteiger partial charge in [0.2, 0.25) is 0 Å². The summed E-state index contributed by atoms with van der Waals surface area (Å²) in [5.41, 5.74) is -1.43. The van der Waals surface area contributed by atoms with Gasteiger partial charge in [0.25, 0.3) is 0 Å².